The van der Waals surface area contributed by atoms with E-state index in [1.807, 2.05) is 43.3 Å². The molecule has 35 heavy (non-hydrogen) atoms. The van der Waals surface area contributed by atoms with Crippen LogP contribution in [-0.4, -0.2) is 31.1 Å². The Morgan fingerprint density at radius 1 is 1.03 bits per heavy atom. The van der Waals surface area contributed by atoms with Gasteiger partial charge in [0.15, 0.2) is 4.34 Å². The fraction of sp³-hybridized carbons (Fsp3) is 0.125. The molecule has 11 heteroatoms. The van der Waals surface area contributed by atoms with E-state index in [2.05, 4.69) is 15.5 Å². The summed E-state index contributed by atoms with van der Waals surface area (Å²) in [7, 11) is -4.03. The maximum Gasteiger partial charge on any atom is 0.264 e. The first kappa shape index (κ1) is 25.2. The fourth-order valence-corrected chi connectivity index (χ4v) is 6.42. The molecule has 4 rings (SSSR count). The van der Waals surface area contributed by atoms with Crippen molar-refractivity contribution in [1.82, 2.24) is 10.2 Å². The van der Waals surface area contributed by atoms with Crippen molar-refractivity contribution in [2.24, 2.45) is 0 Å². The number of halogens is 1. The maximum absolute atomic E-state index is 13.4. The van der Waals surface area contributed by atoms with Crippen LogP contribution in [0.25, 0.3) is 0 Å². The predicted octanol–water partition coefficient (Wildman–Crippen LogP) is 5.63. The van der Waals surface area contributed by atoms with E-state index < -0.39 is 22.5 Å². The molecule has 0 aliphatic heterocycles. The lowest BCUT2D eigenvalue weighted by Crippen LogP contribution is -2.38. The molecule has 0 fully saturated rings. The van der Waals surface area contributed by atoms with Gasteiger partial charge >= 0.3 is 0 Å². The summed E-state index contributed by atoms with van der Waals surface area (Å²) < 4.78 is 28.7. The van der Waals surface area contributed by atoms with Crippen LogP contribution in [0.3, 0.4) is 0 Å². The number of nitrogens with one attached hydrogen (secondary N) is 1. The molecule has 0 bridgehead atoms. The van der Waals surface area contributed by atoms with Crippen molar-refractivity contribution >= 4 is 61.4 Å². The number of sulfonamides is 1. The van der Waals surface area contributed by atoms with Crippen LogP contribution in [-0.2, 0) is 20.6 Å². The van der Waals surface area contributed by atoms with Gasteiger partial charge in [-0.25, -0.2) is 8.42 Å². The average molecular weight is 545 g/mol. The van der Waals surface area contributed by atoms with E-state index in [1.54, 1.807) is 18.2 Å². The second-order valence-corrected chi connectivity index (χ2v) is 12.0. The Morgan fingerprint density at radius 3 is 2.49 bits per heavy atom. The first-order valence-corrected chi connectivity index (χ1v) is 14.1. The van der Waals surface area contributed by atoms with Crippen LogP contribution in [0.1, 0.15) is 11.1 Å². The zero-order valence-electron chi connectivity index (χ0n) is 18.6. The third-order valence-corrected chi connectivity index (χ3v) is 8.92. The molecule has 1 heterocycles. The minimum absolute atomic E-state index is 0.0340. The number of anilines is 2. The van der Waals surface area contributed by atoms with Crippen LogP contribution in [0.2, 0.25) is 5.02 Å². The van der Waals surface area contributed by atoms with Gasteiger partial charge in [-0.05, 0) is 54.4 Å². The third kappa shape index (κ3) is 6.61. The molecule has 7 nitrogen and oxygen atoms in total. The topological polar surface area (TPSA) is 92.3 Å². The molecular weight excluding hydrogens is 524 g/mol. The molecule has 0 aliphatic carbocycles. The van der Waals surface area contributed by atoms with E-state index in [0.717, 1.165) is 21.2 Å². The Hall–Kier alpha value is -2.92. The minimum Gasteiger partial charge on any atom is -0.299 e. The number of aromatic nitrogens is 2. The van der Waals surface area contributed by atoms with Gasteiger partial charge in [0.05, 0.1) is 10.6 Å². The number of aryl methyl sites for hydroxylation is 1. The molecule has 0 aliphatic rings. The van der Waals surface area contributed by atoms with Crippen LogP contribution >= 0.6 is 34.7 Å². The van der Waals surface area contributed by atoms with Gasteiger partial charge in [-0.15, -0.1) is 10.2 Å². The number of carbonyl (C=O) groups excluding carboxylic acids is 1. The molecule has 180 valence electrons. The van der Waals surface area contributed by atoms with Crippen LogP contribution in [0.5, 0.6) is 0 Å². The van der Waals surface area contributed by atoms with E-state index in [4.69, 9.17) is 11.6 Å². The van der Waals surface area contributed by atoms with E-state index in [-0.39, 0.29) is 4.90 Å². The monoisotopic (exact) mass is 544 g/mol. The highest BCUT2D eigenvalue weighted by atomic mass is 35.5. The molecule has 1 amide bonds. The van der Waals surface area contributed by atoms with Gasteiger partial charge in [-0.2, -0.15) is 0 Å². The molecule has 1 aromatic heterocycles. The molecule has 4 aromatic rings. The predicted molar refractivity (Wildman–Crippen MR) is 142 cm³/mol. The molecule has 0 unspecified atom stereocenters. The second kappa shape index (κ2) is 11.2. The fourth-order valence-electron chi connectivity index (χ4n) is 3.16. The van der Waals surface area contributed by atoms with Gasteiger partial charge in [0.2, 0.25) is 11.0 Å². The van der Waals surface area contributed by atoms with Gasteiger partial charge in [-0.3, -0.25) is 14.4 Å². The summed E-state index contributed by atoms with van der Waals surface area (Å²) in [6.07, 6.45) is 0. The Kier molecular flexibility index (Phi) is 8.07. The molecule has 0 saturated carbocycles. The Morgan fingerprint density at radius 2 is 1.77 bits per heavy atom. The number of rotatable bonds is 9. The lowest BCUT2D eigenvalue weighted by molar-refractivity contribution is -0.114. The maximum atomic E-state index is 13.4. The molecule has 3 aromatic carbocycles. The van der Waals surface area contributed by atoms with E-state index in [0.29, 0.717) is 20.2 Å². The Bertz CT molecular complexity index is 1410. The van der Waals surface area contributed by atoms with Crippen molar-refractivity contribution in [1.29, 1.82) is 0 Å². The highest BCUT2D eigenvalue weighted by Gasteiger charge is 2.27. The van der Waals surface area contributed by atoms with Crippen molar-refractivity contribution < 1.29 is 13.2 Å². The highest BCUT2D eigenvalue weighted by molar-refractivity contribution is 8.00. The van der Waals surface area contributed by atoms with Gasteiger partial charge in [0, 0.05) is 10.8 Å². The van der Waals surface area contributed by atoms with Crippen molar-refractivity contribution in [3.63, 3.8) is 0 Å². The van der Waals surface area contributed by atoms with E-state index in [9.17, 15) is 13.2 Å². The van der Waals surface area contributed by atoms with Gasteiger partial charge in [0.1, 0.15) is 6.54 Å². The standard InChI is InChI=1S/C24H21ClN4O3S3/c1-17-6-5-9-20(14-17)29(35(31,32)21-12-10-19(25)11-13-21)15-22(30)26-23-27-28-24(34-23)33-16-18-7-3-2-4-8-18/h2-14H,15-16H2,1H3,(H,26,27,30). The summed E-state index contributed by atoms with van der Waals surface area (Å²) in [5.41, 5.74) is 2.40. The number of benzene rings is 3. The SMILES string of the molecule is Cc1cccc(N(CC(=O)Nc2nnc(SCc3ccccc3)s2)S(=O)(=O)c2ccc(Cl)cc2)c1. The summed E-state index contributed by atoms with van der Waals surface area (Å²) in [5, 5.41) is 11.5. The smallest absolute Gasteiger partial charge is 0.264 e. The van der Waals surface area contributed by atoms with Gasteiger partial charge in [-0.1, -0.05) is 77.2 Å². The van der Waals surface area contributed by atoms with Crippen molar-refractivity contribution in [2.45, 2.75) is 21.9 Å². The quantitative estimate of drug-likeness (QED) is 0.217. The third-order valence-electron chi connectivity index (χ3n) is 4.84. The average Bonchev–Trinajstić information content (AvgIpc) is 3.29. The number of nitrogens with zero attached hydrogens (tertiary/aromatic N) is 3. The van der Waals surface area contributed by atoms with Gasteiger partial charge < -0.3 is 0 Å². The Labute approximate surface area is 217 Å². The van der Waals surface area contributed by atoms with Crippen LogP contribution in [0, 0.1) is 6.92 Å². The number of carbonyl (C=O) groups is 1. The number of amides is 1. The number of hydrogen-bond acceptors (Lipinski definition) is 7. The largest absolute Gasteiger partial charge is 0.299 e. The second-order valence-electron chi connectivity index (χ2n) is 7.50. The minimum atomic E-state index is -4.03. The lowest BCUT2D eigenvalue weighted by Gasteiger charge is -2.24. The van der Waals surface area contributed by atoms with E-state index >= 15 is 0 Å². The highest BCUT2D eigenvalue weighted by Crippen LogP contribution is 2.29. The summed E-state index contributed by atoms with van der Waals surface area (Å²) >= 11 is 8.68. The summed E-state index contributed by atoms with van der Waals surface area (Å²) in [5.74, 6) is 0.198. The van der Waals surface area contributed by atoms with Crippen LogP contribution in [0.15, 0.2) is 88.1 Å². The molecular formula is C24H21ClN4O3S3. The normalized spacial score (nSPS) is 11.3. The molecule has 0 radical (unpaired) electrons. The number of thioether (sulfide) groups is 1. The van der Waals surface area contributed by atoms with Crippen LogP contribution in [0.4, 0.5) is 10.8 Å². The first-order chi connectivity index (χ1) is 16.8. The zero-order chi connectivity index (χ0) is 24.8. The summed E-state index contributed by atoms with van der Waals surface area (Å²) in [4.78, 5) is 12.9. The number of hydrogen-bond donors (Lipinski definition) is 1. The zero-order valence-corrected chi connectivity index (χ0v) is 21.8. The molecule has 0 spiro atoms. The van der Waals surface area contributed by atoms with Gasteiger partial charge in [0.25, 0.3) is 10.0 Å². The summed E-state index contributed by atoms with van der Waals surface area (Å²) in [6, 6.07) is 22.7. The van der Waals surface area contributed by atoms with E-state index in [1.165, 1.54) is 47.4 Å². The lowest BCUT2D eigenvalue weighted by atomic mass is 10.2. The van der Waals surface area contributed by atoms with Crippen molar-refractivity contribution in [2.75, 3.05) is 16.2 Å². The Balaban J connectivity index is 1.50. The molecule has 1 N–H and O–H groups in total. The van der Waals surface area contributed by atoms with Crippen molar-refractivity contribution in [3.8, 4) is 0 Å². The molecule has 0 saturated heterocycles. The van der Waals surface area contributed by atoms with Crippen molar-refractivity contribution in [3.05, 3.63) is 95.0 Å². The van der Waals surface area contributed by atoms with Crippen LogP contribution < -0.4 is 9.62 Å². The summed E-state index contributed by atoms with van der Waals surface area (Å²) in [6.45, 7) is 1.42. The molecule has 0 atom stereocenters. The first-order valence-electron chi connectivity index (χ1n) is 10.5.